The molecule has 0 aromatic heterocycles. The molecule has 2 N–H and O–H groups in total. The fourth-order valence-corrected chi connectivity index (χ4v) is 2.37. The van der Waals surface area contributed by atoms with Crippen molar-refractivity contribution in [2.45, 2.75) is 38.8 Å². The van der Waals surface area contributed by atoms with E-state index < -0.39 is 0 Å². The van der Waals surface area contributed by atoms with Crippen LogP contribution >= 0.6 is 0 Å². The van der Waals surface area contributed by atoms with Crippen LogP contribution in [0.1, 0.15) is 24.5 Å². The molecule has 2 aromatic rings. The highest BCUT2D eigenvalue weighted by Crippen LogP contribution is 2.16. The van der Waals surface area contributed by atoms with E-state index in [9.17, 15) is 4.79 Å². The van der Waals surface area contributed by atoms with Crippen molar-refractivity contribution in [1.82, 2.24) is 0 Å². The fourth-order valence-electron chi connectivity index (χ4n) is 2.37. The Kier molecular flexibility index (Phi) is 11.2. The zero-order chi connectivity index (χ0) is 19.2. The van der Waals surface area contributed by atoms with Crippen LogP contribution in [0, 0.1) is 0 Å². The maximum absolute atomic E-state index is 11.2. The van der Waals surface area contributed by atoms with Crippen molar-refractivity contribution >= 4 is 5.78 Å². The van der Waals surface area contributed by atoms with Crippen LogP contribution in [0.4, 0.5) is 0 Å². The molecule has 26 heavy (non-hydrogen) atoms. The molecule has 1 aliphatic rings. The molecule has 2 aromatic carbocycles. The van der Waals surface area contributed by atoms with Crippen LogP contribution in [-0.4, -0.2) is 41.9 Å². The van der Waals surface area contributed by atoms with Crippen molar-refractivity contribution < 1.29 is 24.5 Å². The third-order valence-corrected chi connectivity index (χ3v) is 3.72. The second-order valence-corrected chi connectivity index (χ2v) is 5.72. The first-order valence-electron chi connectivity index (χ1n) is 8.58. The number of benzene rings is 2. The van der Waals surface area contributed by atoms with Gasteiger partial charge in [-0.25, -0.2) is 0 Å². The lowest BCUT2D eigenvalue weighted by Crippen LogP contribution is -2.15. The van der Waals surface area contributed by atoms with Crippen molar-refractivity contribution in [3.8, 4) is 0 Å². The SMILES string of the molecule is CC1OC(COCc2ccccc2)CC1=O.CO.OCc1ccccc1. The Morgan fingerprint density at radius 2 is 1.54 bits per heavy atom. The summed E-state index contributed by atoms with van der Waals surface area (Å²) in [5.41, 5.74) is 2.10. The van der Waals surface area contributed by atoms with E-state index in [0.717, 1.165) is 18.2 Å². The molecule has 1 fully saturated rings. The van der Waals surface area contributed by atoms with Gasteiger partial charge in [0.2, 0.25) is 0 Å². The Morgan fingerprint density at radius 1 is 1.00 bits per heavy atom. The Bertz CT molecular complexity index is 600. The summed E-state index contributed by atoms with van der Waals surface area (Å²) in [6.07, 6.45) is 0.159. The van der Waals surface area contributed by atoms with E-state index in [4.69, 9.17) is 19.7 Å². The molecule has 0 saturated carbocycles. The highest BCUT2D eigenvalue weighted by atomic mass is 16.5. The van der Waals surface area contributed by atoms with Gasteiger partial charge in [0.1, 0.15) is 6.10 Å². The summed E-state index contributed by atoms with van der Waals surface area (Å²) in [5, 5.41) is 15.5. The van der Waals surface area contributed by atoms with Gasteiger partial charge < -0.3 is 19.7 Å². The topological polar surface area (TPSA) is 76.0 Å². The Hall–Kier alpha value is -2.05. The third kappa shape index (κ3) is 8.36. The van der Waals surface area contributed by atoms with Crippen LogP contribution < -0.4 is 0 Å². The van der Waals surface area contributed by atoms with Gasteiger partial charge in [0.15, 0.2) is 5.78 Å². The molecule has 5 heteroatoms. The maximum Gasteiger partial charge on any atom is 0.163 e. The molecule has 0 spiro atoms. The van der Waals surface area contributed by atoms with Crippen LogP contribution in [0.3, 0.4) is 0 Å². The average molecular weight is 360 g/mol. The van der Waals surface area contributed by atoms with Gasteiger partial charge in [-0.1, -0.05) is 60.7 Å². The summed E-state index contributed by atoms with van der Waals surface area (Å²) in [4.78, 5) is 11.2. The molecule has 0 bridgehead atoms. The minimum absolute atomic E-state index is 0.0637. The number of Topliss-reactive ketones (excluding diaryl/α,β-unsaturated/α-hetero) is 1. The summed E-state index contributed by atoms with van der Waals surface area (Å²) in [6.45, 7) is 2.99. The second kappa shape index (κ2) is 13.2. The maximum atomic E-state index is 11.2. The number of ether oxygens (including phenoxy) is 2. The molecule has 3 rings (SSSR count). The number of carbonyl (C=O) groups is 1. The molecule has 0 amide bonds. The molecule has 1 heterocycles. The van der Waals surface area contributed by atoms with Crippen molar-refractivity contribution in [1.29, 1.82) is 0 Å². The van der Waals surface area contributed by atoms with E-state index >= 15 is 0 Å². The highest BCUT2D eigenvalue weighted by Gasteiger charge is 2.29. The van der Waals surface area contributed by atoms with E-state index in [1.807, 2.05) is 60.7 Å². The number of hydrogen-bond acceptors (Lipinski definition) is 5. The second-order valence-electron chi connectivity index (χ2n) is 5.72. The van der Waals surface area contributed by atoms with E-state index in [0.29, 0.717) is 19.6 Å². The first-order valence-corrected chi connectivity index (χ1v) is 8.58. The fraction of sp³-hybridized carbons (Fsp3) is 0.381. The van der Waals surface area contributed by atoms with E-state index in [1.54, 1.807) is 6.92 Å². The van der Waals surface area contributed by atoms with Crippen LogP contribution in [-0.2, 0) is 27.5 Å². The predicted molar refractivity (Wildman–Crippen MR) is 101 cm³/mol. The quantitative estimate of drug-likeness (QED) is 0.857. The molecular weight excluding hydrogens is 332 g/mol. The van der Waals surface area contributed by atoms with Crippen molar-refractivity contribution in [2.24, 2.45) is 0 Å². The summed E-state index contributed by atoms with van der Waals surface area (Å²) in [7, 11) is 1.00. The van der Waals surface area contributed by atoms with E-state index in [1.165, 1.54) is 0 Å². The van der Waals surface area contributed by atoms with Crippen LogP contribution in [0.2, 0.25) is 0 Å². The smallest absolute Gasteiger partial charge is 0.163 e. The monoisotopic (exact) mass is 360 g/mol. The van der Waals surface area contributed by atoms with Crippen molar-refractivity contribution in [3.05, 3.63) is 71.8 Å². The van der Waals surface area contributed by atoms with E-state index in [2.05, 4.69) is 0 Å². The molecule has 2 unspecified atom stereocenters. The van der Waals surface area contributed by atoms with Crippen LogP contribution in [0.5, 0.6) is 0 Å². The molecule has 1 saturated heterocycles. The molecular formula is C21H28O5. The first kappa shape index (κ1) is 22.0. The molecule has 142 valence electrons. The zero-order valence-corrected chi connectivity index (χ0v) is 15.4. The molecule has 1 aliphatic heterocycles. The lowest BCUT2D eigenvalue weighted by atomic mass is 10.2. The lowest BCUT2D eigenvalue weighted by molar-refractivity contribution is -0.121. The van der Waals surface area contributed by atoms with Gasteiger partial charge in [0.25, 0.3) is 0 Å². The Morgan fingerprint density at radius 3 is 1.96 bits per heavy atom. The van der Waals surface area contributed by atoms with Gasteiger partial charge in [-0.05, 0) is 18.1 Å². The summed E-state index contributed by atoms with van der Waals surface area (Å²) in [5.74, 6) is 0.174. The van der Waals surface area contributed by atoms with Gasteiger partial charge in [0.05, 0.1) is 25.9 Å². The average Bonchev–Trinajstić information content (AvgIpc) is 3.03. The molecule has 5 nitrogen and oxygen atoms in total. The minimum Gasteiger partial charge on any atom is -0.400 e. The van der Waals surface area contributed by atoms with Gasteiger partial charge in [0, 0.05) is 13.5 Å². The zero-order valence-electron chi connectivity index (χ0n) is 15.4. The molecule has 0 radical (unpaired) electrons. The Balaban J connectivity index is 0.000000284. The number of rotatable bonds is 5. The molecule has 0 aliphatic carbocycles. The summed E-state index contributed by atoms with van der Waals surface area (Å²) >= 11 is 0. The first-order chi connectivity index (χ1) is 12.7. The summed E-state index contributed by atoms with van der Waals surface area (Å²) < 4.78 is 11.0. The normalized spacial score (nSPS) is 18.4. The number of ketones is 1. The van der Waals surface area contributed by atoms with Crippen molar-refractivity contribution in [2.75, 3.05) is 13.7 Å². The third-order valence-electron chi connectivity index (χ3n) is 3.72. The van der Waals surface area contributed by atoms with Crippen molar-refractivity contribution in [3.63, 3.8) is 0 Å². The lowest BCUT2D eigenvalue weighted by Gasteiger charge is -2.10. The van der Waals surface area contributed by atoms with E-state index in [-0.39, 0.29) is 24.6 Å². The number of hydrogen-bond donors (Lipinski definition) is 2. The van der Waals surface area contributed by atoms with Gasteiger partial charge in [-0.2, -0.15) is 0 Å². The summed E-state index contributed by atoms with van der Waals surface area (Å²) in [6, 6.07) is 19.5. The largest absolute Gasteiger partial charge is 0.400 e. The Labute approximate surface area is 155 Å². The van der Waals surface area contributed by atoms with Crippen LogP contribution in [0.15, 0.2) is 60.7 Å². The van der Waals surface area contributed by atoms with Crippen LogP contribution in [0.25, 0.3) is 0 Å². The number of aliphatic hydroxyl groups excluding tert-OH is 2. The van der Waals surface area contributed by atoms with Gasteiger partial charge in [-0.3, -0.25) is 4.79 Å². The number of aliphatic hydroxyl groups is 2. The van der Waals surface area contributed by atoms with Gasteiger partial charge >= 0.3 is 0 Å². The van der Waals surface area contributed by atoms with Gasteiger partial charge in [-0.15, -0.1) is 0 Å². The highest BCUT2D eigenvalue weighted by molar-refractivity contribution is 5.84. The minimum atomic E-state index is -0.259. The molecule has 2 atom stereocenters. The predicted octanol–water partition coefficient (Wildman–Crippen LogP) is 2.74. The number of carbonyl (C=O) groups excluding carboxylic acids is 1. The standard InChI is InChI=1S/C13H16O3.C7H8O.CH4O/c1-10-13(14)7-12(16-10)9-15-8-11-5-3-2-4-6-11;8-6-7-4-2-1-3-5-7;1-2/h2-6,10,12H,7-9H2,1H3;1-5,8H,6H2;2H,1H3.